The van der Waals surface area contributed by atoms with E-state index in [2.05, 4.69) is 11.9 Å². The third kappa shape index (κ3) is 8.49. The number of carbonyl (C=O) groups excluding carboxylic acids is 2. The fourth-order valence-corrected chi connectivity index (χ4v) is 4.67. The van der Waals surface area contributed by atoms with Crippen LogP contribution in [0.1, 0.15) is 13.3 Å². The number of thioether (sulfide) groups is 1. The molecule has 1 aromatic rings. The van der Waals surface area contributed by atoms with Crippen LogP contribution in [0.2, 0.25) is 0 Å². The van der Waals surface area contributed by atoms with E-state index in [9.17, 15) is 44.0 Å². The molecule has 1 aromatic carbocycles. The number of amides is 1. The Morgan fingerprint density at radius 1 is 1.03 bits per heavy atom. The predicted molar refractivity (Wildman–Crippen MR) is 107 cm³/mol. The number of hydrogen-bond acceptors (Lipinski definition) is 9. The number of hydrogen-bond donors (Lipinski definition) is 3. The van der Waals surface area contributed by atoms with Crippen LogP contribution in [0.4, 0.5) is 22.4 Å². The number of rotatable bonds is 12. The summed E-state index contributed by atoms with van der Waals surface area (Å²) >= 11 is 0.272. The zero-order chi connectivity index (χ0) is 25.3. The number of alkyl carbamates (subject to hydrolysis) is 1. The molecule has 0 atom stereocenters. The lowest BCUT2D eigenvalue weighted by Gasteiger charge is -2.11. The molecule has 0 aliphatic carbocycles. The van der Waals surface area contributed by atoms with Gasteiger partial charge in [0.15, 0.2) is 28.2 Å². The topological polar surface area (TPSA) is 145 Å². The molecule has 2 N–H and O–H groups in total. The first kappa shape index (κ1) is 28.7. The van der Waals surface area contributed by atoms with Gasteiger partial charge in [-0.3, -0.25) is 0 Å². The minimum absolute atomic E-state index is 0.0247. The zero-order valence-electron chi connectivity index (χ0n) is 16.8. The first-order valence-electron chi connectivity index (χ1n) is 8.68. The minimum atomic E-state index is -5.42. The highest BCUT2D eigenvalue weighted by molar-refractivity contribution is 7.99. The highest BCUT2D eigenvalue weighted by atomic mass is 32.3. The van der Waals surface area contributed by atoms with Crippen molar-refractivity contribution in [2.75, 3.05) is 25.5 Å². The molecule has 33 heavy (non-hydrogen) atoms. The van der Waals surface area contributed by atoms with E-state index in [1.54, 1.807) is 0 Å². The van der Waals surface area contributed by atoms with Crippen molar-refractivity contribution in [1.82, 2.24) is 9.44 Å². The number of carbonyl (C=O) groups is 2. The van der Waals surface area contributed by atoms with Gasteiger partial charge in [0, 0.05) is 11.3 Å². The lowest BCUT2D eigenvalue weighted by atomic mass is 10.3. The van der Waals surface area contributed by atoms with Gasteiger partial charge in [-0.25, -0.2) is 44.0 Å². The smallest absolute Gasteiger partial charge is 0.407 e. The van der Waals surface area contributed by atoms with Gasteiger partial charge in [-0.2, -0.15) is 0 Å². The Morgan fingerprint density at radius 2 is 1.61 bits per heavy atom. The van der Waals surface area contributed by atoms with E-state index >= 15 is 0 Å². The highest BCUT2D eigenvalue weighted by Crippen LogP contribution is 2.33. The Kier molecular flexibility index (Phi) is 11.1. The summed E-state index contributed by atoms with van der Waals surface area (Å²) in [5, 5.41) is 2.25. The van der Waals surface area contributed by atoms with E-state index < -0.39 is 66.0 Å². The summed E-state index contributed by atoms with van der Waals surface area (Å²) in [4.78, 5) is 19.3. The molecule has 0 radical (unpaired) electrons. The van der Waals surface area contributed by atoms with E-state index in [0.29, 0.717) is 0 Å². The Hall–Kier alpha value is -2.37. The number of benzene rings is 1. The monoisotopic (exact) mass is 538 g/mol. The molecule has 0 heterocycles. The van der Waals surface area contributed by atoms with Crippen molar-refractivity contribution in [2.45, 2.75) is 23.1 Å². The Labute approximate surface area is 191 Å². The van der Waals surface area contributed by atoms with Crippen LogP contribution in [0.3, 0.4) is 0 Å². The van der Waals surface area contributed by atoms with Crippen molar-refractivity contribution in [3.8, 4) is 0 Å². The van der Waals surface area contributed by atoms with Gasteiger partial charge in [-0.15, -0.1) is 15.9 Å². The summed E-state index contributed by atoms with van der Waals surface area (Å²) in [5.41, 5.74) is 0.176. The number of thiol groups is 1. The molecular weight excluding hydrogens is 520 g/mol. The maximum Gasteiger partial charge on any atom is 0.407 e. The summed E-state index contributed by atoms with van der Waals surface area (Å²) in [5.74, 6) is -9.52. The van der Waals surface area contributed by atoms with Crippen LogP contribution in [0.15, 0.2) is 21.9 Å². The highest BCUT2D eigenvalue weighted by Gasteiger charge is 2.33. The average Bonchev–Trinajstić information content (AvgIpc) is 2.70. The van der Waals surface area contributed by atoms with E-state index in [1.807, 2.05) is 0 Å². The van der Waals surface area contributed by atoms with Crippen LogP contribution in [-0.4, -0.2) is 54.4 Å². The molecule has 0 aromatic heterocycles. The van der Waals surface area contributed by atoms with Crippen LogP contribution in [0.25, 0.3) is 0 Å². The molecule has 1 amide bonds. The maximum atomic E-state index is 14.1. The maximum absolute atomic E-state index is 14.1. The molecule has 186 valence electrons. The second-order valence-corrected chi connectivity index (χ2v) is 9.71. The third-order valence-electron chi connectivity index (χ3n) is 3.37. The van der Waals surface area contributed by atoms with Crippen LogP contribution < -0.4 is 9.44 Å². The Balaban J connectivity index is 2.62. The molecule has 0 aliphatic heterocycles. The number of ether oxygens (including phenoxy) is 2. The Bertz CT molecular complexity index is 1070. The summed E-state index contributed by atoms with van der Waals surface area (Å²) in [6, 6.07) is 0. The van der Waals surface area contributed by atoms with Crippen LogP contribution in [0, 0.1) is 23.3 Å². The lowest BCUT2D eigenvalue weighted by molar-refractivity contribution is -0.138. The fraction of sp³-hybridized carbons (Fsp3) is 0.375. The van der Waals surface area contributed by atoms with Crippen molar-refractivity contribution in [3.63, 3.8) is 0 Å². The fourth-order valence-electron chi connectivity index (χ4n) is 1.97. The van der Waals surface area contributed by atoms with Crippen molar-refractivity contribution in [3.05, 3.63) is 35.4 Å². The van der Waals surface area contributed by atoms with E-state index in [1.165, 1.54) is 6.92 Å². The molecule has 17 heteroatoms. The van der Waals surface area contributed by atoms with Crippen molar-refractivity contribution in [1.29, 1.82) is 0 Å². The van der Waals surface area contributed by atoms with E-state index in [0.717, 1.165) is 4.13 Å². The molecule has 0 saturated carbocycles. The summed E-state index contributed by atoms with van der Waals surface area (Å²) in [6.45, 7) is 4.34. The molecule has 0 saturated heterocycles. The second-order valence-electron chi connectivity index (χ2n) is 5.95. The summed E-state index contributed by atoms with van der Waals surface area (Å²) in [6.07, 6.45) is -0.914. The van der Waals surface area contributed by atoms with Gasteiger partial charge in [-0.05, 0) is 13.3 Å². The first-order chi connectivity index (χ1) is 15.3. The quantitative estimate of drug-likeness (QED) is 0.0684. The predicted octanol–water partition coefficient (Wildman–Crippen LogP) is 1.38. The Morgan fingerprint density at radius 3 is 2.12 bits per heavy atom. The molecule has 0 bridgehead atoms. The van der Waals surface area contributed by atoms with Gasteiger partial charge < -0.3 is 14.8 Å². The normalized spacial score (nSPS) is 11.3. The van der Waals surface area contributed by atoms with Crippen molar-refractivity contribution in [2.24, 2.45) is 0 Å². The lowest BCUT2D eigenvalue weighted by Crippen LogP contribution is -2.29. The average molecular weight is 539 g/mol. The van der Waals surface area contributed by atoms with Gasteiger partial charge in [-0.1, -0.05) is 6.58 Å². The SMILES string of the molecule is C=C(C)C(=O)OCCNC(=O)OCCCSc1c(F)c(F)c(S(=O)(=O)N[SH](=O)=O)c(F)c1F. The standard InChI is InChI=1S/C16H18F4N2O8S3/c1-8(2)15(23)29-6-4-21-16(24)30-5-3-7-31-13-9(17)11(19)14(12(20)10(13)18)33(27,28)22-32(25)26/h32H,1,3-7H2,2H3,(H,21,24)(H,22,25,26). The van der Waals surface area contributed by atoms with Crippen LogP contribution >= 0.6 is 11.8 Å². The molecule has 0 fully saturated rings. The largest absolute Gasteiger partial charge is 0.460 e. The van der Waals surface area contributed by atoms with Gasteiger partial charge in [0.05, 0.1) is 18.0 Å². The number of nitrogens with one attached hydrogen (secondary N) is 2. The summed E-state index contributed by atoms with van der Waals surface area (Å²) < 4.78 is 111. The van der Waals surface area contributed by atoms with Gasteiger partial charge in [0.25, 0.3) is 10.0 Å². The van der Waals surface area contributed by atoms with Gasteiger partial charge in [0.1, 0.15) is 6.61 Å². The first-order valence-corrected chi connectivity index (χ1v) is 12.3. The minimum Gasteiger partial charge on any atom is -0.460 e. The van der Waals surface area contributed by atoms with Crippen LogP contribution in [-0.2, 0) is 35.2 Å². The van der Waals surface area contributed by atoms with Gasteiger partial charge >= 0.3 is 12.1 Å². The summed E-state index contributed by atoms with van der Waals surface area (Å²) in [7, 11) is -9.31. The number of esters is 1. The molecular formula is C16H18F4N2O8S3. The van der Waals surface area contributed by atoms with Crippen molar-refractivity contribution >= 4 is 44.7 Å². The van der Waals surface area contributed by atoms with Crippen LogP contribution in [0.5, 0.6) is 0 Å². The zero-order valence-corrected chi connectivity index (χ0v) is 19.3. The van der Waals surface area contributed by atoms with E-state index in [-0.39, 0.29) is 49.3 Å². The number of halogens is 4. The van der Waals surface area contributed by atoms with E-state index in [4.69, 9.17) is 9.47 Å². The number of sulfonamides is 1. The van der Waals surface area contributed by atoms with Gasteiger partial charge in [0.2, 0.25) is 10.9 Å². The molecule has 1 rings (SSSR count). The molecule has 10 nitrogen and oxygen atoms in total. The van der Waals surface area contributed by atoms with Crippen molar-refractivity contribution < 1.29 is 53.5 Å². The third-order valence-corrected chi connectivity index (χ3v) is 6.96. The molecule has 0 unspecified atom stereocenters. The molecule has 0 aliphatic rings. The second kappa shape index (κ2) is 12.8. The molecule has 0 spiro atoms.